The summed E-state index contributed by atoms with van der Waals surface area (Å²) < 4.78 is 32.3. The molecule has 4 aromatic rings. The minimum atomic E-state index is -0.497. The monoisotopic (exact) mass is 561 g/mol. The van der Waals surface area contributed by atoms with Crippen LogP contribution < -0.4 is 9.80 Å². The summed E-state index contributed by atoms with van der Waals surface area (Å²) in [6, 6.07) is 13.4. The van der Waals surface area contributed by atoms with Crippen LogP contribution in [-0.2, 0) is 4.74 Å². The zero-order valence-electron chi connectivity index (χ0n) is 23.9. The number of hydrogen-bond acceptors (Lipinski definition) is 6. The number of piperazine rings is 1. The van der Waals surface area contributed by atoms with Crippen molar-refractivity contribution in [2.45, 2.75) is 45.6 Å². The fourth-order valence-corrected chi connectivity index (χ4v) is 5.29. The van der Waals surface area contributed by atoms with E-state index >= 15 is 0 Å². The number of amides is 1. The minimum Gasteiger partial charge on any atom is -0.444 e. The Morgan fingerprint density at radius 1 is 0.707 bits per heavy atom. The average Bonchev–Trinajstić information content (AvgIpc) is 2.96. The van der Waals surface area contributed by atoms with Gasteiger partial charge in [-0.15, -0.1) is 0 Å². The van der Waals surface area contributed by atoms with Crippen LogP contribution in [-0.4, -0.2) is 65.8 Å². The molecule has 0 atom stereocenters. The standard InChI is InChI=1S/C18H22FN3O2.C14H15FN2/c1-18(2,3)24-17(23)22-10-8-21(9-11-22)16-15-12-14(19)5-4-13(15)6-7-20-16;15-12-5-4-11-6-7-16-14(13(11)10-12)17-8-2-1-3-9-17/h4-7,12H,8-11H2,1-3H3;4-7,10H,1-3,8-9H2. The van der Waals surface area contributed by atoms with E-state index in [0.717, 1.165) is 46.3 Å². The van der Waals surface area contributed by atoms with Crippen molar-refractivity contribution in [2.75, 3.05) is 49.1 Å². The van der Waals surface area contributed by atoms with Gasteiger partial charge in [0.1, 0.15) is 28.9 Å². The molecule has 2 aromatic heterocycles. The quantitative estimate of drug-likeness (QED) is 0.268. The van der Waals surface area contributed by atoms with Crippen LogP contribution in [0.5, 0.6) is 0 Å². The molecule has 2 aliphatic heterocycles. The zero-order chi connectivity index (χ0) is 29.0. The molecule has 2 fully saturated rings. The molecule has 0 saturated carbocycles. The largest absolute Gasteiger partial charge is 0.444 e. The maximum atomic E-state index is 13.6. The Morgan fingerprint density at radius 2 is 1.20 bits per heavy atom. The van der Waals surface area contributed by atoms with Crippen LogP contribution in [0.3, 0.4) is 0 Å². The Labute approximate surface area is 239 Å². The van der Waals surface area contributed by atoms with Gasteiger partial charge in [0, 0.05) is 62.4 Å². The zero-order valence-corrected chi connectivity index (χ0v) is 23.9. The summed E-state index contributed by atoms with van der Waals surface area (Å²) >= 11 is 0. The van der Waals surface area contributed by atoms with Crippen molar-refractivity contribution >= 4 is 39.3 Å². The number of aromatic nitrogens is 2. The lowest BCUT2D eigenvalue weighted by molar-refractivity contribution is 0.0240. The smallest absolute Gasteiger partial charge is 0.410 e. The first-order valence-electron chi connectivity index (χ1n) is 14.2. The molecule has 41 heavy (non-hydrogen) atoms. The van der Waals surface area contributed by atoms with E-state index in [9.17, 15) is 13.6 Å². The maximum absolute atomic E-state index is 13.6. The summed E-state index contributed by atoms with van der Waals surface area (Å²) in [6.07, 6.45) is 6.94. The molecular formula is C32H37F2N5O2. The van der Waals surface area contributed by atoms with Crippen LogP contribution >= 0.6 is 0 Å². The van der Waals surface area contributed by atoms with Crippen molar-refractivity contribution < 1.29 is 18.3 Å². The Hall–Kier alpha value is -4.01. The average molecular weight is 562 g/mol. The molecule has 0 aliphatic carbocycles. The number of rotatable bonds is 2. The van der Waals surface area contributed by atoms with Crippen LogP contribution in [0.1, 0.15) is 40.0 Å². The summed E-state index contributed by atoms with van der Waals surface area (Å²) in [4.78, 5) is 27.0. The molecule has 4 heterocycles. The predicted molar refractivity (Wildman–Crippen MR) is 159 cm³/mol. The molecule has 9 heteroatoms. The van der Waals surface area contributed by atoms with Gasteiger partial charge in [-0.3, -0.25) is 0 Å². The van der Waals surface area contributed by atoms with E-state index in [1.54, 1.807) is 23.2 Å². The SMILES string of the molecule is CC(C)(C)OC(=O)N1CCN(c2nccc3ccc(F)cc23)CC1.Fc1ccc2ccnc(N3CCCCC3)c2c1. The number of halogens is 2. The summed E-state index contributed by atoms with van der Waals surface area (Å²) in [6.45, 7) is 10.0. The summed E-state index contributed by atoms with van der Waals surface area (Å²) in [5, 5.41) is 3.73. The van der Waals surface area contributed by atoms with Gasteiger partial charge in [-0.25, -0.2) is 23.5 Å². The first-order chi connectivity index (χ1) is 19.7. The van der Waals surface area contributed by atoms with Gasteiger partial charge < -0.3 is 19.4 Å². The fraction of sp³-hybridized carbons (Fsp3) is 0.406. The Morgan fingerprint density at radius 3 is 1.68 bits per heavy atom. The van der Waals surface area contributed by atoms with Crippen LogP contribution in [0.15, 0.2) is 60.9 Å². The number of ether oxygens (including phenoxy) is 1. The number of anilines is 2. The number of pyridine rings is 2. The van der Waals surface area contributed by atoms with Crippen LogP contribution in [0.25, 0.3) is 21.5 Å². The van der Waals surface area contributed by atoms with Gasteiger partial charge in [-0.1, -0.05) is 12.1 Å². The normalized spacial score (nSPS) is 16.0. The van der Waals surface area contributed by atoms with Gasteiger partial charge in [0.05, 0.1) is 0 Å². The van der Waals surface area contributed by atoms with Gasteiger partial charge in [0.25, 0.3) is 0 Å². The highest BCUT2D eigenvalue weighted by Gasteiger charge is 2.27. The molecule has 2 aliphatic rings. The number of hydrogen-bond donors (Lipinski definition) is 0. The molecule has 2 aromatic carbocycles. The second-order valence-electron chi connectivity index (χ2n) is 11.5. The molecule has 2 saturated heterocycles. The third-order valence-corrected chi connectivity index (χ3v) is 7.30. The second kappa shape index (κ2) is 12.2. The highest BCUT2D eigenvalue weighted by Crippen LogP contribution is 2.28. The van der Waals surface area contributed by atoms with E-state index in [0.29, 0.717) is 26.2 Å². The fourth-order valence-electron chi connectivity index (χ4n) is 5.29. The first kappa shape index (κ1) is 28.5. The molecular weight excluding hydrogens is 524 g/mol. The molecule has 7 nitrogen and oxygen atoms in total. The highest BCUT2D eigenvalue weighted by atomic mass is 19.1. The third kappa shape index (κ3) is 7.01. The van der Waals surface area contributed by atoms with Crippen LogP contribution in [0.4, 0.5) is 25.2 Å². The highest BCUT2D eigenvalue weighted by molar-refractivity contribution is 5.93. The summed E-state index contributed by atoms with van der Waals surface area (Å²) in [5.41, 5.74) is -0.497. The Balaban J connectivity index is 0.000000174. The van der Waals surface area contributed by atoms with Gasteiger partial charge >= 0.3 is 6.09 Å². The lowest BCUT2D eigenvalue weighted by Gasteiger charge is -2.36. The van der Waals surface area contributed by atoms with Crippen molar-refractivity contribution in [3.63, 3.8) is 0 Å². The Kier molecular flexibility index (Phi) is 8.52. The lowest BCUT2D eigenvalue weighted by atomic mass is 10.1. The number of fused-ring (bicyclic) bond motifs is 2. The molecule has 0 spiro atoms. The van der Waals surface area contributed by atoms with Gasteiger partial charge in [-0.05, 0) is 87.2 Å². The van der Waals surface area contributed by atoms with Gasteiger partial charge in [0.15, 0.2) is 0 Å². The molecule has 0 bridgehead atoms. The predicted octanol–water partition coefficient (Wildman–Crippen LogP) is 6.80. The number of carbonyl (C=O) groups excluding carboxylic acids is 1. The first-order valence-corrected chi connectivity index (χ1v) is 14.2. The molecule has 0 unspecified atom stereocenters. The minimum absolute atomic E-state index is 0.191. The molecule has 6 rings (SSSR count). The van der Waals surface area contributed by atoms with Crippen LogP contribution in [0.2, 0.25) is 0 Å². The number of nitrogens with zero attached hydrogens (tertiary/aromatic N) is 5. The molecule has 216 valence electrons. The lowest BCUT2D eigenvalue weighted by Crippen LogP contribution is -2.50. The second-order valence-corrected chi connectivity index (χ2v) is 11.5. The molecule has 0 radical (unpaired) electrons. The van der Waals surface area contributed by atoms with E-state index in [-0.39, 0.29) is 17.7 Å². The summed E-state index contributed by atoms with van der Waals surface area (Å²) in [5.74, 6) is 1.23. The number of benzene rings is 2. The van der Waals surface area contributed by atoms with E-state index in [4.69, 9.17) is 4.74 Å². The van der Waals surface area contributed by atoms with E-state index in [1.165, 1.54) is 37.5 Å². The van der Waals surface area contributed by atoms with Crippen molar-refractivity contribution in [3.05, 3.63) is 72.6 Å². The van der Waals surface area contributed by atoms with E-state index < -0.39 is 5.60 Å². The van der Waals surface area contributed by atoms with Gasteiger partial charge in [0.2, 0.25) is 0 Å². The Bertz CT molecular complexity index is 1510. The number of carbonyl (C=O) groups is 1. The molecule has 0 N–H and O–H groups in total. The topological polar surface area (TPSA) is 61.8 Å². The van der Waals surface area contributed by atoms with Crippen LogP contribution in [0, 0.1) is 11.6 Å². The van der Waals surface area contributed by atoms with Crippen molar-refractivity contribution in [1.29, 1.82) is 0 Å². The van der Waals surface area contributed by atoms with E-state index in [2.05, 4.69) is 19.8 Å². The molecule has 1 amide bonds. The van der Waals surface area contributed by atoms with Crippen molar-refractivity contribution in [3.8, 4) is 0 Å². The maximum Gasteiger partial charge on any atom is 0.410 e. The van der Waals surface area contributed by atoms with Crippen molar-refractivity contribution in [2.24, 2.45) is 0 Å². The van der Waals surface area contributed by atoms with Gasteiger partial charge in [-0.2, -0.15) is 0 Å². The third-order valence-electron chi connectivity index (χ3n) is 7.30. The number of piperidine rings is 1. The summed E-state index contributed by atoms with van der Waals surface area (Å²) in [7, 11) is 0. The van der Waals surface area contributed by atoms with Crippen molar-refractivity contribution in [1.82, 2.24) is 14.9 Å². The van der Waals surface area contributed by atoms with E-state index in [1.807, 2.05) is 45.2 Å².